The molecule has 0 radical (unpaired) electrons. The van der Waals surface area contributed by atoms with Crippen molar-refractivity contribution in [3.8, 4) is 0 Å². The van der Waals surface area contributed by atoms with Gasteiger partial charge in [0.25, 0.3) is 0 Å². The van der Waals surface area contributed by atoms with Crippen molar-refractivity contribution in [1.82, 2.24) is 20.5 Å². The molecule has 2 rings (SSSR count). The van der Waals surface area contributed by atoms with Crippen LogP contribution in [-0.2, 0) is 36.8 Å². The molecule has 1 aromatic carbocycles. The van der Waals surface area contributed by atoms with E-state index in [2.05, 4.69) is 29.1 Å². The number of benzene rings is 1. The summed E-state index contributed by atoms with van der Waals surface area (Å²) in [4.78, 5) is 50.4. The van der Waals surface area contributed by atoms with Crippen molar-refractivity contribution in [3.05, 3.63) is 61.3 Å². The fourth-order valence-corrected chi connectivity index (χ4v) is 4.21. The SMILES string of the molecule is C=CC[C@H](NC(=O)[C@@H](CCCCNC(=O)OC(C)(C)C)NC(=O)Cc1cn(CC=C)c2ccccc12)C(=O)OC. The standard InChI is InChI=1S/C30H42N4O6/c1-7-13-24(28(37)39-6)33-27(36)23(15-11-12-17-31-29(38)40-30(3,4)5)32-26(35)19-21-20-34(18-8-2)25-16-10-9-14-22(21)25/h7-10,14,16,20,23-24H,1-2,11-13,15,17-19H2,3-6H3,(H,31,38)(H,32,35)(H,33,36)/t23-,24+/m1/s1. The summed E-state index contributed by atoms with van der Waals surface area (Å²) >= 11 is 0. The summed E-state index contributed by atoms with van der Waals surface area (Å²) in [6.45, 7) is 13.7. The number of allylic oxidation sites excluding steroid dienone is 1. The molecule has 1 aromatic heterocycles. The van der Waals surface area contributed by atoms with E-state index in [0.717, 1.165) is 16.5 Å². The van der Waals surface area contributed by atoms with E-state index in [1.165, 1.54) is 13.2 Å². The van der Waals surface area contributed by atoms with Gasteiger partial charge in [0, 0.05) is 30.2 Å². The summed E-state index contributed by atoms with van der Waals surface area (Å²) in [6.07, 6.45) is 6.33. The maximum atomic E-state index is 13.2. The van der Waals surface area contributed by atoms with E-state index in [1.54, 1.807) is 26.8 Å². The Hall–Kier alpha value is -4.08. The molecule has 0 saturated carbocycles. The summed E-state index contributed by atoms with van der Waals surface area (Å²) in [5.41, 5.74) is 1.22. The molecule has 2 atom stereocenters. The molecule has 0 spiro atoms. The quantitative estimate of drug-likeness (QED) is 0.175. The van der Waals surface area contributed by atoms with Gasteiger partial charge < -0.3 is 30.0 Å². The molecular weight excluding hydrogens is 512 g/mol. The number of methoxy groups -OCH3 is 1. The van der Waals surface area contributed by atoms with Crippen LogP contribution in [0.25, 0.3) is 10.9 Å². The molecule has 0 unspecified atom stereocenters. The summed E-state index contributed by atoms with van der Waals surface area (Å²) in [5, 5.41) is 9.14. The number of amides is 3. The number of nitrogens with zero attached hydrogens (tertiary/aromatic N) is 1. The molecule has 0 fully saturated rings. The zero-order valence-corrected chi connectivity index (χ0v) is 24.0. The summed E-state index contributed by atoms with van der Waals surface area (Å²) in [7, 11) is 1.24. The Balaban J connectivity index is 2.10. The number of rotatable bonds is 15. The lowest BCUT2D eigenvalue weighted by molar-refractivity contribution is -0.145. The van der Waals surface area contributed by atoms with E-state index < -0.39 is 35.7 Å². The molecule has 218 valence electrons. The van der Waals surface area contributed by atoms with Gasteiger partial charge in [0.05, 0.1) is 13.5 Å². The minimum atomic E-state index is -0.917. The minimum Gasteiger partial charge on any atom is -0.467 e. The van der Waals surface area contributed by atoms with Gasteiger partial charge >= 0.3 is 12.1 Å². The Morgan fingerprint density at radius 3 is 2.40 bits per heavy atom. The number of para-hydroxylation sites is 1. The van der Waals surface area contributed by atoms with Crippen molar-refractivity contribution in [2.75, 3.05) is 13.7 Å². The number of carbonyl (C=O) groups is 4. The van der Waals surface area contributed by atoms with Gasteiger partial charge in [-0.2, -0.15) is 0 Å². The van der Waals surface area contributed by atoms with E-state index in [4.69, 9.17) is 9.47 Å². The highest BCUT2D eigenvalue weighted by molar-refractivity contribution is 5.93. The number of fused-ring (bicyclic) bond motifs is 1. The van der Waals surface area contributed by atoms with E-state index in [-0.39, 0.29) is 18.7 Å². The zero-order valence-electron chi connectivity index (χ0n) is 24.0. The molecule has 2 aromatic rings. The summed E-state index contributed by atoms with van der Waals surface area (Å²) < 4.78 is 12.0. The van der Waals surface area contributed by atoms with Crippen LogP contribution in [0.5, 0.6) is 0 Å². The molecular formula is C30H42N4O6. The van der Waals surface area contributed by atoms with Crippen molar-refractivity contribution >= 4 is 34.8 Å². The number of aromatic nitrogens is 1. The predicted octanol–water partition coefficient (Wildman–Crippen LogP) is 3.78. The van der Waals surface area contributed by atoms with Gasteiger partial charge in [-0.3, -0.25) is 9.59 Å². The van der Waals surface area contributed by atoms with Crippen LogP contribution >= 0.6 is 0 Å². The molecule has 10 heteroatoms. The third-order valence-corrected chi connectivity index (χ3v) is 5.99. The number of carbonyl (C=O) groups excluding carboxylic acids is 4. The van der Waals surface area contributed by atoms with Crippen LogP contribution in [0, 0.1) is 0 Å². The van der Waals surface area contributed by atoms with Crippen molar-refractivity contribution in [2.24, 2.45) is 0 Å². The zero-order chi connectivity index (χ0) is 29.7. The first-order chi connectivity index (χ1) is 19.0. The van der Waals surface area contributed by atoms with E-state index in [1.807, 2.05) is 35.0 Å². The van der Waals surface area contributed by atoms with Crippen molar-refractivity contribution < 1.29 is 28.7 Å². The minimum absolute atomic E-state index is 0.0712. The maximum Gasteiger partial charge on any atom is 0.407 e. The topological polar surface area (TPSA) is 128 Å². The summed E-state index contributed by atoms with van der Waals surface area (Å²) in [5.74, 6) is -1.43. The van der Waals surface area contributed by atoms with Gasteiger partial charge in [0.15, 0.2) is 0 Å². The molecule has 3 amide bonds. The van der Waals surface area contributed by atoms with Gasteiger partial charge in [0.2, 0.25) is 11.8 Å². The average molecular weight is 555 g/mol. The van der Waals surface area contributed by atoms with Crippen molar-refractivity contribution in [2.45, 2.75) is 77.1 Å². The largest absolute Gasteiger partial charge is 0.467 e. The monoisotopic (exact) mass is 554 g/mol. The molecule has 0 aliphatic carbocycles. The fourth-order valence-electron chi connectivity index (χ4n) is 4.21. The highest BCUT2D eigenvalue weighted by Gasteiger charge is 2.27. The maximum absolute atomic E-state index is 13.2. The van der Waals surface area contributed by atoms with E-state index in [0.29, 0.717) is 32.4 Å². The second kappa shape index (κ2) is 15.5. The number of nitrogens with one attached hydrogen (secondary N) is 3. The molecule has 3 N–H and O–H groups in total. The second-order valence-electron chi connectivity index (χ2n) is 10.4. The Bertz CT molecular complexity index is 1200. The number of hydrogen-bond acceptors (Lipinski definition) is 6. The Labute approximate surface area is 236 Å². The first-order valence-corrected chi connectivity index (χ1v) is 13.4. The number of unbranched alkanes of at least 4 members (excludes halogenated alkanes) is 1. The van der Waals surface area contributed by atoms with Gasteiger partial charge in [-0.1, -0.05) is 30.4 Å². The lowest BCUT2D eigenvalue weighted by Gasteiger charge is -2.22. The Kier molecular flexibility index (Phi) is 12.4. The summed E-state index contributed by atoms with van der Waals surface area (Å²) in [6, 6.07) is 5.97. The first kappa shape index (κ1) is 32.1. The second-order valence-corrected chi connectivity index (χ2v) is 10.4. The van der Waals surface area contributed by atoms with Crippen LogP contribution in [-0.4, -0.2) is 59.8 Å². The van der Waals surface area contributed by atoms with E-state index in [9.17, 15) is 19.2 Å². The van der Waals surface area contributed by atoms with Crippen LogP contribution < -0.4 is 16.0 Å². The molecule has 0 bridgehead atoms. The van der Waals surface area contributed by atoms with Crippen molar-refractivity contribution in [1.29, 1.82) is 0 Å². The third-order valence-electron chi connectivity index (χ3n) is 5.99. The van der Waals surface area contributed by atoms with Gasteiger partial charge in [-0.15, -0.1) is 13.2 Å². The number of alkyl carbamates (subject to hydrolysis) is 1. The first-order valence-electron chi connectivity index (χ1n) is 13.4. The van der Waals surface area contributed by atoms with Gasteiger partial charge in [-0.05, 0) is 58.1 Å². The molecule has 0 aliphatic rings. The van der Waals surface area contributed by atoms with Crippen LogP contribution in [0.1, 0.15) is 52.0 Å². The van der Waals surface area contributed by atoms with Crippen molar-refractivity contribution in [3.63, 3.8) is 0 Å². The van der Waals surface area contributed by atoms with Gasteiger partial charge in [0.1, 0.15) is 17.7 Å². The Morgan fingerprint density at radius 2 is 1.75 bits per heavy atom. The number of esters is 1. The average Bonchev–Trinajstić information content (AvgIpc) is 3.23. The third kappa shape index (κ3) is 10.2. The number of hydrogen-bond donors (Lipinski definition) is 3. The molecule has 10 nitrogen and oxygen atoms in total. The lowest BCUT2D eigenvalue weighted by atomic mass is 10.1. The highest BCUT2D eigenvalue weighted by Crippen LogP contribution is 2.22. The smallest absolute Gasteiger partial charge is 0.407 e. The van der Waals surface area contributed by atoms with E-state index >= 15 is 0 Å². The normalized spacial score (nSPS) is 12.6. The number of ether oxygens (including phenoxy) is 2. The lowest BCUT2D eigenvalue weighted by Crippen LogP contribution is -2.52. The predicted molar refractivity (Wildman–Crippen MR) is 155 cm³/mol. The highest BCUT2D eigenvalue weighted by atomic mass is 16.6. The van der Waals surface area contributed by atoms with Crippen LogP contribution in [0.15, 0.2) is 55.8 Å². The van der Waals surface area contributed by atoms with Crippen LogP contribution in [0.4, 0.5) is 4.79 Å². The van der Waals surface area contributed by atoms with Crippen LogP contribution in [0.3, 0.4) is 0 Å². The van der Waals surface area contributed by atoms with Gasteiger partial charge in [-0.25, -0.2) is 9.59 Å². The Morgan fingerprint density at radius 1 is 1.02 bits per heavy atom. The molecule has 0 saturated heterocycles. The molecule has 1 heterocycles. The fraction of sp³-hybridized carbons (Fsp3) is 0.467. The van der Waals surface area contributed by atoms with Crippen LogP contribution in [0.2, 0.25) is 0 Å². The molecule has 40 heavy (non-hydrogen) atoms. The molecule has 0 aliphatic heterocycles.